The van der Waals surface area contributed by atoms with Crippen molar-refractivity contribution in [3.63, 3.8) is 0 Å². The molecule has 1 aromatic carbocycles. The fraction of sp³-hybridized carbons (Fsp3) is 0.200. The van der Waals surface area contributed by atoms with Crippen molar-refractivity contribution in [2.75, 3.05) is 10.6 Å². The van der Waals surface area contributed by atoms with E-state index in [-0.39, 0.29) is 23.6 Å². The van der Waals surface area contributed by atoms with E-state index < -0.39 is 5.82 Å². The zero-order valence-corrected chi connectivity index (χ0v) is 9.34. The molecule has 0 aliphatic rings. The molecule has 1 aromatic rings. The lowest BCUT2D eigenvalue weighted by molar-refractivity contribution is -0.115. The van der Waals surface area contributed by atoms with Crippen LogP contribution in [0.15, 0.2) is 18.2 Å². The maximum atomic E-state index is 13.1. The van der Waals surface area contributed by atoms with E-state index in [2.05, 4.69) is 21.2 Å². The fourth-order valence-electron chi connectivity index (χ4n) is 1.04. The number of alkyl halides is 1. The van der Waals surface area contributed by atoms with Gasteiger partial charge in [0, 0.05) is 11.8 Å². The van der Waals surface area contributed by atoms with E-state index in [0.717, 1.165) is 0 Å². The van der Waals surface area contributed by atoms with Crippen molar-refractivity contribution in [3.8, 4) is 6.07 Å². The van der Waals surface area contributed by atoms with Crippen LogP contribution in [-0.4, -0.2) is 11.2 Å². The molecule has 5 heteroatoms. The van der Waals surface area contributed by atoms with Crippen LogP contribution >= 0.6 is 15.9 Å². The Morgan fingerprint density at radius 2 is 2.33 bits per heavy atom. The van der Waals surface area contributed by atoms with Crippen molar-refractivity contribution in [2.45, 2.75) is 6.42 Å². The number of carbonyl (C=O) groups excluding carboxylic acids is 1. The second-order valence-electron chi connectivity index (χ2n) is 2.76. The summed E-state index contributed by atoms with van der Waals surface area (Å²) in [5, 5.41) is 11.7. The van der Waals surface area contributed by atoms with Gasteiger partial charge in [0.15, 0.2) is 0 Å². The molecule has 0 aliphatic heterocycles. The van der Waals surface area contributed by atoms with Crippen molar-refractivity contribution in [3.05, 3.63) is 29.6 Å². The van der Waals surface area contributed by atoms with Gasteiger partial charge in [-0.3, -0.25) is 4.79 Å². The largest absolute Gasteiger partial charge is 0.325 e. The highest BCUT2D eigenvalue weighted by atomic mass is 79.9. The Labute approximate surface area is 95.0 Å². The van der Waals surface area contributed by atoms with Gasteiger partial charge in [-0.1, -0.05) is 22.0 Å². The number of anilines is 1. The van der Waals surface area contributed by atoms with Crippen LogP contribution in [-0.2, 0) is 4.79 Å². The molecule has 1 rings (SSSR count). The van der Waals surface area contributed by atoms with E-state index in [0.29, 0.717) is 5.33 Å². The van der Waals surface area contributed by atoms with Gasteiger partial charge in [-0.05, 0) is 12.1 Å². The van der Waals surface area contributed by atoms with Gasteiger partial charge in [-0.2, -0.15) is 5.26 Å². The lowest BCUT2D eigenvalue weighted by Crippen LogP contribution is -2.13. The van der Waals surface area contributed by atoms with E-state index in [4.69, 9.17) is 5.26 Å². The van der Waals surface area contributed by atoms with Crippen molar-refractivity contribution < 1.29 is 9.18 Å². The van der Waals surface area contributed by atoms with Crippen LogP contribution in [0.5, 0.6) is 0 Å². The quantitative estimate of drug-likeness (QED) is 0.858. The lowest BCUT2D eigenvalue weighted by Gasteiger charge is -2.05. The minimum atomic E-state index is -0.630. The van der Waals surface area contributed by atoms with Crippen LogP contribution in [0.2, 0.25) is 0 Å². The average Bonchev–Trinajstić information content (AvgIpc) is 2.18. The number of rotatable bonds is 3. The van der Waals surface area contributed by atoms with Crippen molar-refractivity contribution in [1.29, 1.82) is 5.26 Å². The van der Waals surface area contributed by atoms with Gasteiger partial charge >= 0.3 is 0 Å². The molecule has 1 amide bonds. The predicted molar refractivity (Wildman–Crippen MR) is 58.2 cm³/mol. The van der Waals surface area contributed by atoms with Crippen LogP contribution in [0.25, 0.3) is 0 Å². The zero-order chi connectivity index (χ0) is 11.3. The number of hydrogen-bond acceptors (Lipinski definition) is 2. The normalized spacial score (nSPS) is 9.40. The van der Waals surface area contributed by atoms with Gasteiger partial charge < -0.3 is 5.32 Å². The number of hydrogen-bond donors (Lipinski definition) is 1. The Morgan fingerprint density at radius 3 is 2.93 bits per heavy atom. The van der Waals surface area contributed by atoms with Gasteiger partial charge in [0.05, 0.1) is 5.69 Å². The molecule has 0 heterocycles. The summed E-state index contributed by atoms with van der Waals surface area (Å²) in [4.78, 5) is 11.2. The Bertz CT molecular complexity index is 414. The lowest BCUT2D eigenvalue weighted by atomic mass is 10.2. The van der Waals surface area contributed by atoms with E-state index in [1.165, 1.54) is 18.2 Å². The molecule has 0 fully saturated rings. The standard InChI is InChI=1S/C10H8BrFN2O/c11-5-4-10(15)14-9-3-1-2-8(12)7(9)6-13/h1-3H,4-5H2,(H,14,15). The number of benzene rings is 1. The molecule has 0 aromatic heterocycles. The van der Waals surface area contributed by atoms with E-state index in [1.54, 1.807) is 6.07 Å². The smallest absolute Gasteiger partial charge is 0.225 e. The number of nitriles is 1. The molecule has 15 heavy (non-hydrogen) atoms. The highest BCUT2D eigenvalue weighted by molar-refractivity contribution is 9.09. The summed E-state index contributed by atoms with van der Waals surface area (Å²) in [6.45, 7) is 0. The van der Waals surface area contributed by atoms with Crippen molar-refractivity contribution >= 4 is 27.5 Å². The van der Waals surface area contributed by atoms with E-state index in [9.17, 15) is 9.18 Å². The number of carbonyl (C=O) groups is 1. The third kappa shape index (κ3) is 3.03. The molecule has 0 unspecified atom stereocenters. The molecule has 0 spiro atoms. The average molecular weight is 271 g/mol. The highest BCUT2D eigenvalue weighted by Crippen LogP contribution is 2.17. The summed E-state index contributed by atoms with van der Waals surface area (Å²) in [6.07, 6.45) is 0.279. The minimum absolute atomic E-state index is 0.138. The summed E-state index contributed by atoms with van der Waals surface area (Å²) in [5.41, 5.74) is 0.0730. The monoisotopic (exact) mass is 270 g/mol. The molecule has 0 bridgehead atoms. The molecule has 0 radical (unpaired) electrons. The number of amides is 1. The Morgan fingerprint density at radius 1 is 1.60 bits per heavy atom. The van der Waals surface area contributed by atoms with Gasteiger partial charge in [0.25, 0.3) is 0 Å². The van der Waals surface area contributed by atoms with E-state index >= 15 is 0 Å². The molecule has 0 saturated carbocycles. The molecule has 0 aliphatic carbocycles. The summed E-state index contributed by atoms with van der Waals surface area (Å²) < 4.78 is 13.1. The van der Waals surface area contributed by atoms with Gasteiger partial charge in [-0.25, -0.2) is 4.39 Å². The van der Waals surface area contributed by atoms with E-state index in [1.807, 2.05) is 0 Å². The maximum absolute atomic E-state index is 13.1. The first-order valence-corrected chi connectivity index (χ1v) is 5.35. The molecule has 0 atom stereocenters. The van der Waals surface area contributed by atoms with Crippen LogP contribution in [0.3, 0.4) is 0 Å². The van der Waals surface area contributed by atoms with Crippen LogP contribution < -0.4 is 5.32 Å². The van der Waals surface area contributed by atoms with Crippen molar-refractivity contribution in [1.82, 2.24) is 0 Å². The topological polar surface area (TPSA) is 52.9 Å². The van der Waals surface area contributed by atoms with Crippen LogP contribution in [0.4, 0.5) is 10.1 Å². The highest BCUT2D eigenvalue weighted by Gasteiger charge is 2.09. The third-order valence-corrected chi connectivity index (χ3v) is 2.12. The molecular formula is C10H8BrFN2O. The van der Waals surface area contributed by atoms with Gasteiger partial charge in [0.1, 0.15) is 17.4 Å². The first-order valence-electron chi connectivity index (χ1n) is 4.23. The Kier molecular flexibility index (Phi) is 4.25. The molecule has 78 valence electrons. The molecule has 0 saturated heterocycles. The van der Waals surface area contributed by atoms with Gasteiger partial charge in [0.2, 0.25) is 5.91 Å². The maximum Gasteiger partial charge on any atom is 0.225 e. The Hall–Kier alpha value is -1.41. The van der Waals surface area contributed by atoms with Crippen molar-refractivity contribution in [2.24, 2.45) is 0 Å². The molecule has 1 N–H and O–H groups in total. The number of nitrogens with one attached hydrogen (secondary N) is 1. The predicted octanol–water partition coefficient (Wildman–Crippen LogP) is 2.42. The minimum Gasteiger partial charge on any atom is -0.325 e. The van der Waals surface area contributed by atoms with Gasteiger partial charge in [-0.15, -0.1) is 0 Å². The van der Waals surface area contributed by atoms with Crippen LogP contribution in [0, 0.1) is 17.1 Å². The Balaban J connectivity index is 2.91. The zero-order valence-electron chi connectivity index (χ0n) is 7.76. The summed E-state index contributed by atoms with van der Waals surface area (Å²) in [6, 6.07) is 5.83. The second kappa shape index (κ2) is 5.47. The molecule has 3 nitrogen and oxygen atoms in total. The summed E-state index contributed by atoms with van der Waals surface area (Å²) in [7, 11) is 0. The third-order valence-electron chi connectivity index (χ3n) is 1.72. The molecular weight excluding hydrogens is 263 g/mol. The number of halogens is 2. The fourth-order valence-corrected chi connectivity index (χ4v) is 1.40. The number of nitrogens with zero attached hydrogens (tertiary/aromatic N) is 1. The SMILES string of the molecule is N#Cc1c(F)cccc1NC(=O)CCBr. The summed E-state index contributed by atoms with van der Waals surface area (Å²) in [5.74, 6) is -0.886. The first kappa shape index (κ1) is 11.7. The van der Waals surface area contributed by atoms with Crippen LogP contribution in [0.1, 0.15) is 12.0 Å². The second-order valence-corrected chi connectivity index (χ2v) is 3.55. The summed E-state index contributed by atoms with van der Waals surface area (Å²) >= 11 is 3.11. The first-order chi connectivity index (χ1) is 7.19.